The first kappa shape index (κ1) is 24.2. The highest BCUT2D eigenvalue weighted by Gasteiger charge is 2.54. The Morgan fingerprint density at radius 3 is 1.89 bits per heavy atom. The molecular formula is C20H32N2O5S. The molecule has 0 aliphatic rings. The minimum Gasteiger partial charge on any atom is -0.459 e. The quantitative estimate of drug-likeness (QED) is 0.262. The topological polar surface area (TPSA) is 95.5 Å². The van der Waals surface area contributed by atoms with Crippen molar-refractivity contribution in [2.45, 2.75) is 97.2 Å². The summed E-state index contributed by atoms with van der Waals surface area (Å²) in [6.45, 7) is 12.2. The normalized spacial score (nSPS) is 12.5. The van der Waals surface area contributed by atoms with E-state index in [1.807, 2.05) is 0 Å². The molecule has 1 aromatic rings. The minimum absolute atomic E-state index is 0.185. The van der Waals surface area contributed by atoms with Gasteiger partial charge in [0.2, 0.25) is 5.41 Å². The molecule has 0 N–H and O–H groups in total. The lowest BCUT2D eigenvalue weighted by Gasteiger charge is -2.33. The molecule has 0 aromatic carbocycles. The lowest BCUT2D eigenvalue weighted by molar-refractivity contribution is -0.178. The van der Waals surface area contributed by atoms with E-state index in [0.717, 1.165) is 17.8 Å². The zero-order chi connectivity index (χ0) is 21.6. The van der Waals surface area contributed by atoms with E-state index in [9.17, 15) is 14.4 Å². The summed E-state index contributed by atoms with van der Waals surface area (Å²) >= 11 is 1.01. The second-order valence-corrected chi connectivity index (χ2v) is 9.57. The number of aryl methyl sites for hydroxylation is 1. The van der Waals surface area contributed by atoms with Gasteiger partial charge in [0.15, 0.2) is 0 Å². The molecule has 0 fully saturated rings. The number of carbonyl (C=O) groups is 3. The Morgan fingerprint density at radius 2 is 1.50 bits per heavy atom. The van der Waals surface area contributed by atoms with Crippen LogP contribution in [0.15, 0.2) is 0 Å². The van der Waals surface area contributed by atoms with E-state index in [0.29, 0.717) is 31.5 Å². The van der Waals surface area contributed by atoms with E-state index >= 15 is 0 Å². The molecule has 0 atom stereocenters. The first-order chi connectivity index (χ1) is 12.8. The van der Waals surface area contributed by atoms with Crippen LogP contribution < -0.4 is 0 Å². The van der Waals surface area contributed by atoms with E-state index in [2.05, 4.69) is 9.36 Å². The van der Waals surface area contributed by atoms with Crippen LogP contribution in [0.2, 0.25) is 0 Å². The molecule has 0 aliphatic carbocycles. The first-order valence-corrected chi connectivity index (χ1v) is 10.3. The van der Waals surface area contributed by atoms with E-state index in [1.165, 1.54) is 0 Å². The maximum Gasteiger partial charge on any atom is 0.331 e. The number of nitrogens with zero attached hydrogens (tertiary/aromatic N) is 2. The van der Waals surface area contributed by atoms with Crippen molar-refractivity contribution in [1.29, 1.82) is 0 Å². The van der Waals surface area contributed by atoms with Gasteiger partial charge in [0, 0.05) is 6.42 Å². The summed E-state index contributed by atoms with van der Waals surface area (Å²) in [5.41, 5.74) is -3.23. The molecule has 8 heteroatoms. The molecule has 158 valence electrons. The number of aromatic nitrogens is 2. The van der Waals surface area contributed by atoms with Crippen molar-refractivity contribution in [3.63, 3.8) is 0 Å². The summed E-state index contributed by atoms with van der Waals surface area (Å²) in [7, 11) is 0. The molecule has 0 unspecified atom stereocenters. The SMILES string of the molecule is Cc1nsc(C(CCCCCC=O)(C(=O)OC(C)(C)C)C(=O)OC(C)(C)C)n1. The molecule has 0 saturated heterocycles. The van der Waals surface area contributed by atoms with Gasteiger partial charge in [-0.3, -0.25) is 9.59 Å². The van der Waals surface area contributed by atoms with Gasteiger partial charge < -0.3 is 14.3 Å². The molecule has 0 aliphatic heterocycles. The van der Waals surface area contributed by atoms with Crippen LogP contribution in [-0.4, -0.2) is 38.8 Å². The maximum absolute atomic E-state index is 13.3. The number of rotatable bonds is 9. The Labute approximate surface area is 171 Å². The molecule has 1 aromatic heterocycles. The van der Waals surface area contributed by atoms with Crippen LogP contribution in [0.5, 0.6) is 0 Å². The monoisotopic (exact) mass is 412 g/mol. The molecule has 1 heterocycles. The fourth-order valence-corrected chi connectivity index (χ4v) is 3.42. The average Bonchev–Trinajstić information content (AvgIpc) is 2.94. The van der Waals surface area contributed by atoms with Crippen LogP contribution in [-0.2, 0) is 29.3 Å². The summed E-state index contributed by atoms with van der Waals surface area (Å²) in [5.74, 6) is -0.876. The number of aldehydes is 1. The van der Waals surface area contributed by atoms with Crippen molar-refractivity contribution in [3.8, 4) is 0 Å². The Balaban J connectivity index is 3.36. The van der Waals surface area contributed by atoms with E-state index < -0.39 is 28.6 Å². The third-order valence-electron chi connectivity index (χ3n) is 3.76. The first-order valence-electron chi connectivity index (χ1n) is 9.53. The van der Waals surface area contributed by atoms with Crippen molar-refractivity contribution < 1.29 is 23.9 Å². The van der Waals surface area contributed by atoms with E-state index in [1.54, 1.807) is 48.5 Å². The Bertz CT molecular complexity index is 658. The summed E-state index contributed by atoms with van der Waals surface area (Å²) in [6.07, 6.45) is 3.43. The molecule has 0 bridgehead atoms. The van der Waals surface area contributed by atoms with Crippen LogP contribution in [0, 0.1) is 6.92 Å². The predicted molar refractivity (Wildman–Crippen MR) is 107 cm³/mol. The number of hydrogen-bond donors (Lipinski definition) is 0. The van der Waals surface area contributed by atoms with E-state index in [4.69, 9.17) is 9.47 Å². The molecule has 0 saturated carbocycles. The number of carbonyl (C=O) groups excluding carboxylic acids is 3. The van der Waals surface area contributed by atoms with Gasteiger partial charge in [0.25, 0.3) is 0 Å². The second kappa shape index (κ2) is 9.58. The highest BCUT2D eigenvalue weighted by Crippen LogP contribution is 2.37. The highest BCUT2D eigenvalue weighted by molar-refractivity contribution is 7.06. The second-order valence-electron chi connectivity index (χ2n) is 8.82. The third kappa shape index (κ3) is 6.96. The third-order valence-corrected chi connectivity index (χ3v) is 4.73. The maximum atomic E-state index is 13.3. The van der Waals surface area contributed by atoms with Crippen LogP contribution in [0.25, 0.3) is 0 Å². The summed E-state index contributed by atoms with van der Waals surface area (Å²) in [6, 6.07) is 0. The summed E-state index contributed by atoms with van der Waals surface area (Å²) < 4.78 is 15.4. The fourth-order valence-electron chi connectivity index (χ4n) is 2.56. The molecule has 28 heavy (non-hydrogen) atoms. The number of esters is 2. The Morgan fingerprint density at radius 1 is 0.964 bits per heavy atom. The van der Waals surface area contributed by atoms with Gasteiger partial charge in [0.05, 0.1) is 0 Å². The minimum atomic E-state index is -1.67. The fraction of sp³-hybridized carbons (Fsp3) is 0.750. The van der Waals surface area contributed by atoms with Crippen LogP contribution >= 0.6 is 11.5 Å². The zero-order valence-electron chi connectivity index (χ0n) is 18.0. The molecule has 0 amide bonds. The van der Waals surface area contributed by atoms with Crippen molar-refractivity contribution in [1.82, 2.24) is 9.36 Å². The highest BCUT2D eigenvalue weighted by atomic mass is 32.1. The number of unbranched alkanes of at least 4 members (excludes halogenated alkanes) is 3. The van der Waals surface area contributed by atoms with Gasteiger partial charge in [-0.1, -0.05) is 12.8 Å². The van der Waals surface area contributed by atoms with Crippen LogP contribution in [0.1, 0.15) is 84.5 Å². The van der Waals surface area contributed by atoms with Gasteiger partial charge in [-0.15, -0.1) is 0 Å². The predicted octanol–water partition coefficient (Wildman–Crippen LogP) is 3.92. The van der Waals surface area contributed by atoms with Crippen molar-refractivity contribution in [3.05, 3.63) is 10.8 Å². The summed E-state index contributed by atoms with van der Waals surface area (Å²) in [4.78, 5) is 41.5. The number of ether oxygens (including phenoxy) is 2. The Hall–Kier alpha value is -1.83. The van der Waals surface area contributed by atoms with Crippen molar-refractivity contribution in [2.24, 2.45) is 0 Å². The van der Waals surface area contributed by atoms with Gasteiger partial charge in [-0.2, -0.15) is 4.37 Å². The lowest BCUT2D eigenvalue weighted by Crippen LogP contribution is -2.50. The van der Waals surface area contributed by atoms with Crippen molar-refractivity contribution >= 4 is 29.8 Å². The van der Waals surface area contributed by atoms with Crippen LogP contribution in [0.4, 0.5) is 0 Å². The van der Waals surface area contributed by atoms with Gasteiger partial charge in [-0.25, -0.2) is 4.98 Å². The Kier molecular flexibility index (Phi) is 8.29. The van der Waals surface area contributed by atoms with Gasteiger partial charge in [0.1, 0.15) is 28.3 Å². The standard InChI is InChI=1S/C20H32N2O5S/c1-14-21-15(28-22-14)20(12-10-8-9-11-13-23,16(24)26-18(2,3)4)17(25)27-19(5,6)7/h13H,8-12H2,1-7H3. The van der Waals surface area contributed by atoms with Gasteiger partial charge >= 0.3 is 11.9 Å². The van der Waals surface area contributed by atoms with Crippen molar-refractivity contribution in [2.75, 3.05) is 0 Å². The number of hydrogen-bond acceptors (Lipinski definition) is 8. The molecule has 0 radical (unpaired) electrons. The molecular weight excluding hydrogens is 380 g/mol. The lowest BCUT2D eigenvalue weighted by atomic mass is 9.82. The smallest absolute Gasteiger partial charge is 0.331 e. The average molecular weight is 413 g/mol. The zero-order valence-corrected chi connectivity index (χ0v) is 18.8. The van der Waals surface area contributed by atoms with Crippen LogP contribution in [0.3, 0.4) is 0 Å². The largest absolute Gasteiger partial charge is 0.459 e. The molecule has 1 rings (SSSR count). The van der Waals surface area contributed by atoms with Gasteiger partial charge in [-0.05, 0) is 72.8 Å². The molecule has 0 spiro atoms. The summed E-state index contributed by atoms with van der Waals surface area (Å²) in [5, 5.41) is 0.281. The van der Waals surface area contributed by atoms with E-state index in [-0.39, 0.29) is 11.4 Å². The molecule has 7 nitrogen and oxygen atoms in total.